The first-order chi connectivity index (χ1) is 15.6. The predicted molar refractivity (Wildman–Crippen MR) is 121 cm³/mol. The van der Waals surface area contributed by atoms with Crippen LogP contribution in [0.15, 0.2) is 85.2 Å². The van der Waals surface area contributed by atoms with Crippen molar-refractivity contribution in [3.05, 3.63) is 102 Å². The summed E-state index contributed by atoms with van der Waals surface area (Å²) in [7, 11) is 0. The van der Waals surface area contributed by atoms with Gasteiger partial charge in [-0.3, -0.25) is 4.79 Å². The topological polar surface area (TPSA) is 72.2 Å². The summed E-state index contributed by atoms with van der Waals surface area (Å²) >= 11 is 6.21. The Morgan fingerprint density at radius 2 is 1.78 bits per heavy atom. The van der Waals surface area contributed by atoms with Gasteiger partial charge in [0.25, 0.3) is 5.91 Å². The third-order valence-corrected chi connectivity index (χ3v) is 5.11. The van der Waals surface area contributed by atoms with E-state index in [1.54, 1.807) is 29.0 Å². The Bertz CT molecular complexity index is 1450. The molecule has 32 heavy (non-hydrogen) atoms. The van der Waals surface area contributed by atoms with Crippen LogP contribution in [0.1, 0.15) is 10.4 Å². The maximum atomic E-state index is 13.2. The second-order valence-corrected chi connectivity index (χ2v) is 7.44. The second kappa shape index (κ2) is 8.20. The third kappa shape index (κ3) is 3.81. The molecule has 2 aromatic carbocycles. The van der Waals surface area contributed by atoms with Crippen LogP contribution in [-0.2, 0) is 0 Å². The van der Waals surface area contributed by atoms with Gasteiger partial charge in [-0.2, -0.15) is 5.10 Å². The zero-order valence-corrected chi connectivity index (χ0v) is 17.3. The lowest BCUT2D eigenvalue weighted by Gasteiger charge is -2.08. The highest BCUT2D eigenvalue weighted by Crippen LogP contribution is 2.33. The van der Waals surface area contributed by atoms with E-state index in [-0.39, 0.29) is 5.91 Å². The summed E-state index contributed by atoms with van der Waals surface area (Å²) in [6.07, 6.45) is 3.28. The number of carbonyl (C=O) groups excluding carboxylic acids is 1. The van der Waals surface area contributed by atoms with Crippen LogP contribution in [0.4, 0.5) is 10.2 Å². The highest BCUT2D eigenvalue weighted by atomic mass is 35.5. The van der Waals surface area contributed by atoms with Gasteiger partial charge in [-0.05, 0) is 60.7 Å². The van der Waals surface area contributed by atoms with Gasteiger partial charge in [0.05, 0.1) is 5.69 Å². The molecular formula is C24H15ClFN5O. The molecular weight excluding hydrogens is 429 g/mol. The summed E-state index contributed by atoms with van der Waals surface area (Å²) in [5.41, 5.74) is 4.04. The molecule has 3 heterocycles. The monoisotopic (exact) mass is 443 g/mol. The maximum absolute atomic E-state index is 13.2. The van der Waals surface area contributed by atoms with Gasteiger partial charge in [-0.1, -0.05) is 23.7 Å². The smallest absolute Gasteiger partial charge is 0.256 e. The van der Waals surface area contributed by atoms with Crippen LogP contribution in [0.2, 0.25) is 5.02 Å². The van der Waals surface area contributed by atoms with Crippen LogP contribution in [0.5, 0.6) is 0 Å². The SMILES string of the molecule is O=C(Nc1cc(-c2c(-c3cccc(Cl)c3)nc3cccnn23)ccn1)c1ccc(F)cc1. The van der Waals surface area contributed by atoms with E-state index in [0.29, 0.717) is 27.7 Å². The third-order valence-electron chi connectivity index (χ3n) is 4.87. The summed E-state index contributed by atoms with van der Waals surface area (Å²) in [4.78, 5) is 21.5. The van der Waals surface area contributed by atoms with Gasteiger partial charge in [0.1, 0.15) is 17.3 Å². The molecule has 0 spiro atoms. The van der Waals surface area contributed by atoms with Gasteiger partial charge in [0, 0.05) is 34.1 Å². The molecule has 0 saturated heterocycles. The normalized spacial score (nSPS) is 10.9. The van der Waals surface area contributed by atoms with Gasteiger partial charge in [-0.25, -0.2) is 18.9 Å². The van der Waals surface area contributed by atoms with Crippen molar-refractivity contribution in [1.82, 2.24) is 19.6 Å². The first-order valence-corrected chi connectivity index (χ1v) is 10.1. The van der Waals surface area contributed by atoms with Gasteiger partial charge in [0.15, 0.2) is 5.65 Å². The molecule has 1 amide bonds. The van der Waals surface area contributed by atoms with Crippen molar-refractivity contribution in [2.75, 3.05) is 5.32 Å². The Morgan fingerprint density at radius 3 is 2.59 bits per heavy atom. The molecule has 6 nitrogen and oxygen atoms in total. The number of fused-ring (bicyclic) bond motifs is 1. The largest absolute Gasteiger partial charge is 0.307 e. The highest BCUT2D eigenvalue weighted by molar-refractivity contribution is 6.30. The minimum atomic E-state index is -0.407. The standard InChI is InChI=1S/C24H15ClFN5O/c25-18-4-1-3-16(13-18)22-23(31-21(30-22)5-2-11-28-31)17-10-12-27-20(14-17)29-24(32)15-6-8-19(26)9-7-15/h1-14H,(H,27,29,32). The number of rotatable bonds is 4. The number of imidazole rings is 1. The van der Waals surface area contributed by atoms with Crippen LogP contribution in [0, 0.1) is 5.82 Å². The fourth-order valence-corrected chi connectivity index (χ4v) is 3.61. The number of pyridine rings is 1. The zero-order chi connectivity index (χ0) is 22.1. The molecule has 0 aliphatic rings. The summed E-state index contributed by atoms with van der Waals surface area (Å²) in [5, 5.41) is 7.80. The number of aromatic nitrogens is 4. The lowest BCUT2D eigenvalue weighted by molar-refractivity contribution is 0.102. The molecule has 0 unspecified atom stereocenters. The first kappa shape index (κ1) is 19.8. The van der Waals surface area contributed by atoms with Crippen molar-refractivity contribution in [2.45, 2.75) is 0 Å². The maximum Gasteiger partial charge on any atom is 0.256 e. The van der Waals surface area contributed by atoms with Crippen LogP contribution in [-0.4, -0.2) is 25.5 Å². The highest BCUT2D eigenvalue weighted by Gasteiger charge is 2.18. The summed E-state index contributed by atoms with van der Waals surface area (Å²) in [5.74, 6) is -0.448. The minimum Gasteiger partial charge on any atom is -0.307 e. The van der Waals surface area contributed by atoms with Crippen molar-refractivity contribution in [3.63, 3.8) is 0 Å². The van der Waals surface area contributed by atoms with E-state index in [9.17, 15) is 9.18 Å². The van der Waals surface area contributed by atoms with E-state index in [0.717, 1.165) is 16.8 Å². The van der Waals surface area contributed by atoms with Crippen molar-refractivity contribution < 1.29 is 9.18 Å². The summed E-state index contributed by atoms with van der Waals surface area (Å²) in [6, 6.07) is 20.0. The molecule has 0 aliphatic carbocycles. The average Bonchev–Trinajstić information content (AvgIpc) is 3.19. The number of carbonyl (C=O) groups is 1. The molecule has 0 bridgehead atoms. The van der Waals surface area contributed by atoms with E-state index in [4.69, 9.17) is 16.6 Å². The number of hydrogen-bond donors (Lipinski definition) is 1. The second-order valence-electron chi connectivity index (χ2n) is 7.00. The Morgan fingerprint density at radius 1 is 0.938 bits per heavy atom. The average molecular weight is 444 g/mol. The van der Waals surface area contributed by atoms with E-state index in [1.807, 2.05) is 36.4 Å². The summed E-state index contributed by atoms with van der Waals surface area (Å²) < 4.78 is 14.9. The molecule has 8 heteroatoms. The van der Waals surface area contributed by atoms with Crippen molar-refractivity contribution in [2.24, 2.45) is 0 Å². The molecule has 0 fully saturated rings. The van der Waals surface area contributed by atoms with Crippen LogP contribution in [0.3, 0.4) is 0 Å². The van der Waals surface area contributed by atoms with Crippen LogP contribution in [0.25, 0.3) is 28.2 Å². The number of anilines is 1. The molecule has 156 valence electrons. The Hall–Kier alpha value is -4.10. The van der Waals surface area contributed by atoms with Crippen LogP contribution < -0.4 is 5.32 Å². The van der Waals surface area contributed by atoms with Gasteiger partial charge >= 0.3 is 0 Å². The van der Waals surface area contributed by atoms with Crippen molar-refractivity contribution in [3.8, 4) is 22.5 Å². The molecule has 5 aromatic rings. The fourth-order valence-electron chi connectivity index (χ4n) is 3.42. The molecule has 1 N–H and O–H groups in total. The van der Waals surface area contributed by atoms with E-state index >= 15 is 0 Å². The van der Waals surface area contributed by atoms with Crippen molar-refractivity contribution in [1.29, 1.82) is 0 Å². The Balaban J connectivity index is 1.58. The van der Waals surface area contributed by atoms with E-state index in [2.05, 4.69) is 15.4 Å². The Labute approximate surface area is 187 Å². The first-order valence-electron chi connectivity index (χ1n) is 9.71. The Kier molecular flexibility index (Phi) is 5.09. The fraction of sp³-hybridized carbons (Fsp3) is 0. The minimum absolute atomic E-state index is 0.328. The van der Waals surface area contributed by atoms with Gasteiger partial charge in [0.2, 0.25) is 0 Å². The number of halogens is 2. The number of benzene rings is 2. The molecule has 0 radical (unpaired) electrons. The number of hydrogen-bond acceptors (Lipinski definition) is 4. The van der Waals surface area contributed by atoms with Crippen LogP contribution >= 0.6 is 11.6 Å². The quantitative estimate of drug-likeness (QED) is 0.398. The number of nitrogens with zero attached hydrogens (tertiary/aromatic N) is 4. The molecule has 3 aromatic heterocycles. The number of amides is 1. The van der Waals surface area contributed by atoms with Gasteiger partial charge < -0.3 is 5.32 Å². The van der Waals surface area contributed by atoms with Gasteiger partial charge in [-0.15, -0.1) is 0 Å². The zero-order valence-electron chi connectivity index (χ0n) is 16.5. The molecule has 5 rings (SSSR count). The van der Waals surface area contributed by atoms with E-state index in [1.165, 1.54) is 24.3 Å². The molecule has 0 atom stereocenters. The summed E-state index contributed by atoms with van der Waals surface area (Å²) in [6.45, 7) is 0. The molecule has 0 saturated carbocycles. The number of nitrogens with one attached hydrogen (secondary N) is 1. The predicted octanol–water partition coefficient (Wildman–Crippen LogP) is 5.50. The van der Waals surface area contributed by atoms with Crippen molar-refractivity contribution >= 4 is 29.0 Å². The lowest BCUT2D eigenvalue weighted by atomic mass is 10.1. The van der Waals surface area contributed by atoms with E-state index < -0.39 is 5.82 Å². The molecule has 0 aliphatic heterocycles. The lowest BCUT2D eigenvalue weighted by Crippen LogP contribution is -2.13.